The maximum Gasteiger partial charge on any atom is 0.405 e. The van der Waals surface area contributed by atoms with Crippen molar-refractivity contribution in [2.24, 2.45) is 0 Å². The third kappa shape index (κ3) is 4.50. The van der Waals surface area contributed by atoms with E-state index in [1.54, 1.807) is 13.0 Å². The number of hydrogen-bond donors (Lipinski definition) is 0. The number of alkyl halides is 4. The largest absolute Gasteiger partial charge is 0.405 e. The van der Waals surface area contributed by atoms with Crippen LogP contribution in [0.1, 0.15) is 12.5 Å². The van der Waals surface area contributed by atoms with Crippen LogP contribution in [0.3, 0.4) is 0 Å². The Morgan fingerprint density at radius 2 is 1.94 bits per heavy atom. The van der Waals surface area contributed by atoms with E-state index in [1.807, 2.05) is 12.1 Å². The molecule has 0 saturated carbocycles. The predicted octanol–water partition coefficient (Wildman–Crippen LogP) is 4.73. The molecule has 0 spiro atoms. The quantitative estimate of drug-likeness (QED) is 0.688. The Balaban J connectivity index is 2.96. The molecular formula is C11H12Br2F3N. The van der Waals surface area contributed by atoms with Crippen LogP contribution < -0.4 is 4.90 Å². The molecule has 0 aliphatic heterocycles. The van der Waals surface area contributed by atoms with Crippen molar-refractivity contribution in [3.8, 4) is 0 Å². The zero-order chi connectivity index (χ0) is 13.1. The Hall–Kier alpha value is -0.230. The lowest BCUT2D eigenvalue weighted by Crippen LogP contribution is -2.34. The third-order valence-corrected chi connectivity index (χ3v) is 3.54. The van der Waals surface area contributed by atoms with E-state index in [0.29, 0.717) is 22.0 Å². The van der Waals surface area contributed by atoms with Crippen molar-refractivity contribution in [1.82, 2.24) is 0 Å². The standard InChI is InChI=1S/C11H12Br2F3N/c1-2-17(7-11(14,15)16)10-4-3-8(6-12)5-9(10)13/h3-5H,2,6-7H2,1H3. The highest BCUT2D eigenvalue weighted by atomic mass is 79.9. The van der Waals surface area contributed by atoms with Gasteiger partial charge in [-0.05, 0) is 40.5 Å². The molecule has 1 rings (SSSR count). The van der Waals surface area contributed by atoms with Crippen LogP contribution in [0.15, 0.2) is 22.7 Å². The minimum atomic E-state index is -4.19. The molecule has 0 amide bonds. The van der Waals surface area contributed by atoms with Crippen LogP contribution in [0.4, 0.5) is 18.9 Å². The maximum absolute atomic E-state index is 12.4. The number of hydrogen-bond acceptors (Lipinski definition) is 1. The van der Waals surface area contributed by atoms with Gasteiger partial charge in [0.25, 0.3) is 0 Å². The number of anilines is 1. The van der Waals surface area contributed by atoms with E-state index < -0.39 is 12.7 Å². The third-order valence-electron chi connectivity index (χ3n) is 2.26. The minimum absolute atomic E-state index is 0.311. The van der Waals surface area contributed by atoms with Gasteiger partial charge in [-0.15, -0.1) is 0 Å². The van der Waals surface area contributed by atoms with Gasteiger partial charge >= 0.3 is 6.18 Å². The van der Waals surface area contributed by atoms with Crippen LogP contribution >= 0.6 is 31.9 Å². The van der Waals surface area contributed by atoms with Gasteiger partial charge in [-0.25, -0.2) is 0 Å². The van der Waals surface area contributed by atoms with Crippen LogP contribution in [0.25, 0.3) is 0 Å². The first-order valence-corrected chi connectivity index (χ1v) is 6.95. The van der Waals surface area contributed by atoms with E-state index in [1.165, 1.54) is 4.90 Å². The van der Waals surface area contributed by atoms with Gasteiger partial charge < -0.3 is 4.90 Å². The van der Waals surface area contributed by atoms with Crippen LogP contribution in [0.5, 0.6) is 0 Å². The maximum atomic E-state index is 12.4. The van der Waals surface area contributed by atoms with Crippen molar-refractivity contribution in [2.45, 2.75) is 18.4 Å². The molecule has 0 N–H and O–H groups in total. The molecular weight excluding hydrogens is 363 g/mol. The smallest absolute Gasteiger partial charge is 0.362 e. The van der Waals surface area contributed by atoms with Crippen molar-refractivity contribution in [3.63, 3.8) is 0 Å². The van der Waals surface area contributed by atoms with E-state index in [4.69, 9.17) is 0 Å². The number of halogens is 5. The fourth-order valence-corrected chi connectivity index (χ4v) is 2.50. The summed E-state index contributed by atoms with van der Waals surface area (Å²) < 4.78 is 37.9. The topological polar surface area (TPSA) is 3.24 Å². The molecule has 0 aliphatic carbocycles. The lowest BCUT2D eigenvalue weighted by atomic mass is 10.2. The van der Waals surface area contributed by atoms with Gasteiger partial charge in [0.1, 0.15) is 6.54 Å². The highest BCUT2D eigenvalue weighted by Gasteiger charge is 2.30. The van der Waals surface area contributed by atoms with E-state index in [-0.39, 0.29) is 0 Å². The van der Waals surface area contributed by atoms with Gasteiger partial charge in [0.15, 0.2) is 0 Å². The van der Waals surface area contributed by atoms with E-state index in [9.17, 15) is 13.2 Å². The first kappa shape index (κ1) is 14.8. The summed E-state index contributed by atoms with van der Waals surface area (Å²) in [7, 11) is 0. The highest BCUT2D eigenvalue weighted by Crippen LogP contribution is 2.30. The number of rotatable bonds is 4. The second kappa shape index (κ2) is 6.09. The summed E-state index contributed by atoms with van der Waals surface area (Å²) in [4.78, 5) is 1.29. The molecule has 0 bridgehead atoms. The lowest BCUT2D eigenvalue weighted by molar-refractivity contribution is -0.119. The first-order chi connectivity index (χ1) is 7.87. The second-order valence-electron chi connectivity index (χ2n) is 3.55. The van der Waals surface area contributed by atoms with Crippen LogP contribution in [0.2, 0.25) is 0 Å². The molecule has 17 heavy (non-hydrogen) atoms. The predicted molar refractivity (Wildman–Crippen MR) is 70.7 cm³/mol. The molecule has 0 fully saturated rings. The summed E-state index contributed by atoms with van der Waals surface area (Å²) in [5.41, 5.74) is 1.58. The van der Waals surface area contributed by atoms with Gasteiger partial charge in [0.05, 0.1) is 5.69 Å². The number of nitrogens with zero attached hydrogens (tertiary/aromatic N) is 1. The van der Waals surface area contributed by atoms with Crippen molar-refractivity contribution in [1.29, 1.82) is 0 Å². The second-order valence-corrected chi connectivity index (χ2v) is 4.96. The Kier molecular flexibility index (Phi) is 5.31. The average Bonchev–Trinajstić information content (AvgIpc) is 2.24. The molecule has 0 atom stereocenters. The summed E-state index contributed by atoms with van der Waals surface area (Å²) >= 11 is 6.61. The van der Waals surface area contributed by atoms with Gasteiger partial charge in [-0.2, -0.15) is 13.2 Å². The highest BCUT2D eigenvalue weighted by molar-refractivity contribution is 9.10. The Morgan fingerprint density at radius 1 is 1.29 bits per heavy atom. The molecule has 0 saturated heterocycles. The summed E-state index contributed by atoms with van der Waals surface area (Å²) in [6.07, 6.45) is -4.19. The van der Waals surface area contributed by atoms with Gasteiger partial charge in [0.2, 0.25) is 0 Å². The lowest BCUT2D eigenvalue weighted by Gasteiger charge is -2.25. The molecule has 0 aromatic heterocycles. The normalized spacial score (nSPS) is 11.6. The van der Waals surface area contributed by atoms with Crippen LogP contribution in [0, 0.1) is 0 Å². The molecule has 96 valence electrons. The molecule has 1 aromatic carbocycles. The summed E-state index contributed by atoms with van der Waals surface area (Å²) in [6, 6.07) is 5.34. The Labute approximate surface area is 115 Å². The van der Waals surface area contributed by atoms with Crippen molar-refractivity contribution >= 4 is 37.5 Å². The molecule has 0 radical (unpaired) electrons. The van der Waals surface area contributed by atoms with Crippen LogP contribution in [-0.2, 0) is 5.33 Å². The summed E-state index contributed by atoms with van der Waals surface area (Å²) in [6.45, 7) is 1.08. The Morgan fingerprint density at radius 3 is 2.35 bits per heavy atom. The van der Waals surface area contributed by atoms with Crippen molar-refractivity contribution in [3.05, 3.63) is 28.2 Å². The molecule has 0 heterocycles. The van der Waals surface area contributed by atoms with E-state index >= 15 is 0 Å². The molecule has 6 heteroatoms. The zero-order valence-electron chi connectivity index (χ0n) is 9.19. The monoisotopic (exact) mass is 373 g/mol. The molecule has 0 unspecified atom stereocenters. The zero-order valence-corrected chi connectivity index (χ0v) is 12.4. The minimum Gasteiger partial charge on any atom is -0.362 e. The molecule has 1 nitrogen and oxygen atoms in total. The SMILES string of the molecule is CCN(CC(F)(F)F)c1ccc(CBr)cc1Br. The van der Waals surface area contributed by atoms with Gasteiger partial charge in [0, 0.05) is 16.3 Å². The van der Waals surface area contributed by atoms with Gasteiger partial charge in [-0.3, -0.25) is 0 Å². The van der Waals surface area contributed by atoms with Crippen LogP contribution in [-0.4, -0.2) is 19.3 Å². The van der Waals surface area contributed by atoms with E-state index in [0.717, 1.165) is 5.56 Å². The first-order valence-electron chi connectivity index (χ1n) is 5.03. The van der Waals surface area contributed by atoms with Gasteiger partial charge in [-0.1, -0.05) is 22.0 Å². The van der Waals surface area contributed by atoms with Crippen molar-refractivity contribution < 1.29 is 13.2 Å². The molecule has 0 aliphatic rings. The average molecular weight is 375 g/mol. The summed E-state index contributed by atoms with van der Waals surface area (Å²) in [5, 5.41) is 0.678. The fraction of sp³-hybridized carbons (Fsp3) is 0.455. The van der Waals surface area contributed by atoms with E-state index in [2.05, 4.69) is 31.9 Å². The molecule has 1 aromatic rings. The fourth-order valence-electron chi connectivity index (χ4n) is 1.47. The number of benzene rings is 1. The summed E-state index contributed by atoms with van der Waals surface area (Å²) in [5.74, 6) is 0. The Bertz CT molecular complexity index is 379. The van der Waals surface area contributed by atoms with Crippen molar-refractivity contribution in [2.75, 3.05) is 18.0 Å².